The molecule has 0 aliphatic heterocycles. The summed E-state index contributed by atoms with van der Waals surface area (Å²) in [6.45, 7) is 1.60. The number of halogens is 3. The third-order valence-corrected chi connectivity index (χ3v) is 4.75. The Hall–Kier alpha value is -2.72. The molecule has 1 atom stereocenters. The minimum Gasteiger partial charge on any atom is -0.418 e. The van der Waals surface area contributed by atoms with Crippen molar-refractivity contribution in [1.82, 2.24) is 15.1 Å². The molecule has 3 rings (SSSR count). The van der Waals surface area contributed by atoms with Crippen molar-refractivity contribution in [2.24, 2.45) is 0 Å². The molecule has 10 heteroatoms. The van der Waals surface area contributed by atoms with Crippen LogP contribution in [-0.2, 0) is 4.79 Å². The molecule has 0 aliphatic rings. The number of rotatable bonds is 6. The molecule has 1 aromatic carbocycles. The van der Waals surface area contributed by atoms with Crippen LogP contribution in [-0.4, -0.2) is 34.6 Å². The molecular weight excluding hydrogens is 381 g/mol. The first-order chi connectivity index (χ1) is 12.9. The average molecular weight is 396 g/mol. The zero-order chi connectivity index (χ0) is 19.6. The van der Waals surface area contributed by atoms with E-state index >= 15 is 0 Å². The van der Waals surface area contributed by atoms with Gasteiger partial charge in [-0.25, -0.2) is 13.2 Å². The predicted molar refractivity (Wildman–Crippen MR) is 93.6 cm³/mol. The van der Waals surface area contributed by atoms with Crippen molar-refractivity contribution in [2.75, 3.05) is 18.9 Å². The minimum atomic E-state index is -1.64. The number of hydrogen-bond donors (Lipinski definition) is 1. The van der Waals surface area contributed by atoms with Crippen LogP contribution < -0.4 is 5.32 Å². The zero-order valence-electron chi connectivity index (χ0n) is 14.4. The van der Waals surface area contributed by atoms with Gasteiger partial charge in [0, 0.05) is 0 Å². The summed E-state index contributed by atoms with van der Waals surface area (Å²) in [7, 11) is 1.64. The minimum absolute atomic E-state index is 0.156. The van der Waals surface area contributed by atoms with Crippen LogP contribution in [0.4, 0.5) is 18.9 Å². The van der Waals surface area contributed by atoms with Crippen molar-refractivity contribution in [1.29, 1.82) is 0 Å². The van der Waals surface area contributed by atoms with Crippen LogP contribution >= 0.6 is 11.3 Å². The number of anilines is 1. The summed E-state index contributed by atoms with van der Waals surface area (Å²) in [5.41, 5.74) is -0.433. The van der Waals surface area contributed by atoms with Gasteiger partial charge in [-0.05, 0) is 37.6 Å². The molecule has 27 heavy (non-hydrogen) atoms. The third kappa shape index (κ3) is 4.17. The van der Waals surface area contributed by atoms with Crippen molar-refractivity contribution >= 4 is 22.9 Å². The van der Waals surface area contributed by atoms with E-state index in [0.29, 0.717) is 11.8 Å². The summed E-state index contributed by atoms with van der Waals surface area (Å²) in [4.78, 5) is 14.5. The SMILES string of the molecule is C[C@@H](c1nnc(-c2cccs2)o1)N(C)CC(=O)Nc1ccc(F)c(F)c1F. The highest BCUT2D eigenvalue weighted by molar-refractivity contribution is 7.13. The van der Waals surface area contributed by atoms with E-state index in [0.717, 1.165) is 17.0 Å². The second kappa shape index (κ2) is 7.89. The smallest absolute Gasteiger partial charge is 0.257 e. The van der Waals surface area contributed by atoms with Gasteiger partial charge in [-0.3, -0.25) is 9.69 Å². The molecule has 2 heterocycles. The zero-order valence-corrected chi connectivity index (χ0v) is 15.2. The van der Waals surface area contributed by atoms with Crippen molar-refractivity contribution < 1.29 is 22.4 Å². The number of thiophene rings is 1. The Morgan fingerprint density at radius 2 is 2.04 bits per heavy atom. The average Bonchev–Trinajstić information content (AvgIpc) is 3.32. The Morgan fingerprint density at radius 1 is 1.26 bits per heavy atom. The number of likely N-dealkylation sites (N-methyl/N-ethyl adjacent to an activating group) is 1. The number of nitrogens with one attached hydrogen (secondary N) is 1. The van der Waals surface area contributed by atoms with Gasteiger partial charge in [-0.2, -0.15) is 0 Å². The fourth-order valence-electron chi connectivity index (χ4n) is 2.27. The van der Waals surface area contributed by atoms with Gasteiger partial charge in [-0.15, -0.1) is 21.5 Å². The Morgan fingerprint density at radius 3 is 2.74 bits per heavy atom. The maximum atomic E-state index is 13.6. The van der Waals surface area contributed by atoms with Gasteiger partial charge in [0.15, 0.2) is 17.5 Å². The lowest BCUT2D eigenvalue weighted by molar-refractivity contribution is -0.117. The van der Waals surface area contributed by atoms with Crippen molar-refractivity contribution in [3.63, 3.8) is 0 Å². The monoisotopic (exact) mass is 396 g/mol. The highest BCUT2D eigenvalue weighted by Gasteiger charge is 2.22. The molecule has 142 valence electrons. The second-order valence-electron chi connectivity index (χ2n) is 5.78. The van der Waals surface area contributed by atoms with Crippen molar-refractivity contribution in [2.45, 2.75) is 13.0 Å². The molecule has 1 N–H and O–H groups in total. The first-order valence-corrected chi connectivity index (χ1v) is 8.75. The van der Waals surface area contributed by atoms with Gasteiger partial charge in [0.05, 0.1) is 23.2 Å². The molecule has 0 bridgehead atoms. The van der Waals surface area contributed by atoms with Crippen LogP contribution in [0, 0.1) is 17.5 Å². The molecule has 0 saturated heterocycles. The van der Waals surface area contributed by atoms with Gasteiger partial charge >= 0.3 is 0 Å². The normalized spacial score (nSPS) is 12.4. The maximum Gasteiger partial charge on any atom is 0.257 e. The molecule has 2 aromatic heterocycles. The second-order valence-corrected chi connectivity index (χ2v) is 6.73. The standard InChI is InChI=1S/C17H15F3N4O2S/c1-9(16-22-23-17(26-16)12-4-3-7-27-12)24(2)8-13(25)21-11-6-5-10(18)14(19)15(11)20/h3-7,9H,8H2,1-2H3,(H,21,25)/t9-/m0/s1. The number of nitrogens with zero attached hydrogens (tertiary/aromatic N) is 3. The quantitative estimate of drug-likeness (QED) is 0.641. The molecule has 0 saturated carbocycles. The van der Waals surface area contributed by atoms with Gasteiger partial charge in [0.2, 0.25) is 11.8 Å². The predicted octanol–water partition coefficient (Wildman–Crippen LogP) is 3.85. The number of amides is 1. The van der Waals surface area contributed by atoms with Crippen LogP contribution in [0.1, 0.15) is 18.9 Å². The summed E-state index contributed by atoms with van der Waals surface area (Å²) in [5.74, 6) is -4.32. The Bertz CT molecular complexity index is 946. The molecule has 0 unspecified atom stereocenters. The maximum absolute atomic E-state index is 13.6. The lowest BCUT2D eigenvalue weighted by Gasteiger charge is -2.21. The van der Waals surface area contributed by atoms with Crippen molar-refractivity contribution in [3.05, 3.63) is 53.0 Å². The first kappa shape index (κ1) is 19.1. The van der Waals surface area contributed by atoms with E-state index in [1.165, 1.54) is 11.3 Å². The highest BCUT2D eigenvalue weighted by Crippen LogP contribution is 2.26. The Balaban J connectivity index is 1.63. The molecular formula is C17H15F3N4O2S. The number of benzene rings is 1. The highest BCUT2D eigenvalue weighted by atomic mass is 32.1. The van der Waals surface area contributed by atoms with Gasteiger partial charge in [0.1, 0.15) is 0 Å². The van der Waals surface area contributed by atoms with Gasteiger partial charge in [-0.1, -0.05) is 6.07 Å². The molecule has 0 aliphatic carbocycles. The number of aromatic nitrogens is 2. The van der Waals surface area contributed by atoms with E-state index in [1.807, 2.05) is 17.5 Å². The summed E-state index contributed by atoms with van der Waals surface area (Å²) in [6, 6.07) is 5.01. The Labute approximate surface area is 156 Å². The Kier molecular flexibility index (Phi) is 5.57. The third-order valence-electron chi connectivity index (χ3n) is 3.89. The lowest BCUT2D eigenvalue weighted by atomic mass is 10.2. The summed E-state index contributed by atoms with van der Waals surface area (Å²) < 4.78 is 45.4. The van der Waals surface area contributed by atoms with Crippen LogP contribution in [0.25, 0.3) is 10.8 Å². The lowest BCUT2D eigenvalue weighted by Crippen LogP contribution is -2.32. The van der Waals surface area contributed by atoms with E-state index in [2.05, 4.69) is 15.5 Å². The fraction of sp³-hybridized carbons (Fsp3) is 0.235. The van der Waals surface area contributed by atoms with Crippen LogP contribution in [0.3, 0.4) is 0 Å². The van der Waals surface area contributed by atoms with E-state index in [1.54, 1.807) is 18.9 Å². The van der Waals surface area contributed by atoms with Gasteiger partial charge in [0.25, 0.3) is 5.89 Å². The first-order valence-electron chi connectivity index (χ1n) is 7.87. The van der Waals surface area contributed by atoms with E-state index in [9.17, 15) is 18.0 Å². The fourth-order valence-corrected chi connectivity index (χ4v) is 2.91. The molecule has 0 radical (unpaired) electrons. The van der Waals surface area contributed by atoms with Crippen molar-refractivity contribution in [3.8, 4) is 10.8 Å². The van der Waals surface area contributed by atoms with E-state index in [-0.39, 0.29) is 6.54 Å². The van der Waals surface area contributed by atoms with Crippen LogP contribution in [0.2, 0.25) is 0 Å². The van der Waals surface area contributed by atoms with Crippen LogP contribution in [0.5, 0.6) is 0 Å². The number of carbonyl (C=O) groups excluding carboxylic acids is 1. The number of hydrogen-bond acceptors (Lipinski definition) is 6. The van der Waals surface area contributed by atoms with Crippen LogP contribution in [0.15, 0.2) is 34.1 Å². The molecule has 0 fully saturated rings. The van der Waals surface area contributed by atoms with E-state index in [4.69, 9.17) is 4.42 Å². The molecule has 3 aromatic rings. The van der Waals surface area contributed by atoms with E-state index < -0.39 is 35.1 Å². The molecule has 6 nitrogen and oxygen atoms in total. The number of carbonyl (C=O) groups is 1. The topological polar surface area (TPSA) is 71.3 Å². The largest absolute Gasteiger partial charge is 0.418 e. The molecule has 0 spiro atoms. The summed E-state index contributed by atoms with van der Waals surface area (Å²) in [6.07, 6.45) is 0. The summed E-state index contributed by atoms with van der Waals surface area (Å²) in [5, 5.41) is 12.1. The summed E-state index contributed by atoms with van der Waals surface area (Å²) >= 11 is 1.46. The van der Waals surface area contributed by atoms with Gasteiger partial charge < -0.3 is 9.73 Å². The molecule has 1 amide bonds.